The second kappa shape index (κ2) is 8.47. The van der Waals surface area contributed by atoms with E-state index in [1.807, 2.05) is 13.8 Å². The number of nitrogens with one attached hydrogen (secondary N) is 2. The van der Waals surface area contributed by atoms with Gasteiger partial charge < -0.3 is 20.7 Å². The van der Waals surface area contributed by atoms with Gasteiger partial charge >= 0.3 is 17.8 Å². The van der Waals surface area contributed by atoms with E-state index in [1.54, 1.807) is 11.0 Å². The molecule has 1 amide bonds. The number of carboxylic acids is 1. The summed E-state index contributed by atoms with van der Waals surface area (Å²) in [4.78, 5) is 43.5. The Kier molecular flexibility index (Phi) is 6.89. The number of hydrogen-bond donors (Lipinski definition) is 4. The van der Waals surface area contributed by atoms with Crippen LogP contribution >= 0.6 is 0 Å². The van der Waals surface area contributed by atoms with Gasteiger partial charge in [0.05, 0.1) is 11.1 Å². The number of rotatable bonds is 4. The average Bonchev–Trinajstić information content (AvgIpc) is 2.91. The number of nitrogens with two attached hydrogens (primary N) is 1. The van der Waals surface area contributed by atoms with Crippen molar-refractivity contribution in [2.75, 3.05) is 13.1 Å². The fraction of sp³-hybridized carbons (Fsp3) is 0.429. The monoisotopic (exact) mass is 377 g/mol. The summed E-state index contributed by atoms with van der Waals surface area (Å²) < 4.78 is 31.7. The van der Waals surface area contributed by atoms with E-state index >= 15 is 0 Å². The molecule has 2 aromatic rings. The Bertz CT molecular complexity index is 828. The average molecular weight is 377 g/mol. The van der Waals surface area contributed by atoms with Crippen molar-refractivity contribution in [2.45, 2.75) is 26.1 Å². The highest BCUT2D eigenvalue weighted by molar-refractivity contribution is 6.03. The molecule has 0 aliphatic carbocycles. The van der Waals surface area contributed by atoms with Gasteiger partial charge in [0.1, 0.15) is 0 Å². The molecule has 2 aromatic heterocycles. The highest BCUT2D eigenvalue weighted by atomic mass is 19.4. The number of imidazole rings is 1. The summed E-state index contributed by atoms with van der Waals surface area (Å²) in [5.41, 5.74) is 6.39. The van der Waals surface area contributed by atoms with Crippen LogP contribution in [0.2, 0.25) is 0 Å². The Labute approximate surface area is 145 Å². The summed E-state index contributed by atoms with van der Waals surface area (Å²) in [7, 11) is 0. The minimum absolute atomic E-state index is 0.0323. The van der Waals surface area contributed by atoms with Crippen molar-refractivity contribution in [1.29, 1.82) is 0 Å². The first-order valence-electron chi connectivity index (χ1n) is 7.37. The van der Waals surface area contributed by atoms with Crippen LogP contribution in [-0.2, 0) is 4.79 Å². The van der Waals surface area contributed by atoms with E-state index in [-0.39, 0.29) is 17.6 Å². The molecule has 0 bridgehead atoms. The molecule has 26 heavy (non-hydrogen) atoms. The number of nitrogens with zero attached hydrogens (tertiary/aromatic N) is 2. The number of pyridine rings is 1. The minimum Gasteiger partial charge on any atom is -0.475 e. The zero-order chi connectivity index (χ0) is 20.1. The van der Waals surface area contributed by atoms with Crippen LogP contribution in [0.25, 0.3) is 11.2 Å². The molecule has 0 saturated carbocycles. The predicted octanol–water partition coefficient (Wildman–Crippen LogP) is 0.694. The van der Waals surface area contributed by atoms with Gasteiger partial charge in [0.2, 0.25) is 0 Å². The van der Waals surface area contributed by atoms with Crippen LogP contribution in [0.5, 0.6) is 0 Å². The number of alkyl halides is 3. The van der Waals surface area contributed by atoms with E-state index < -0.39 is 12.1 Å². The summed E-state index contributed by atoms with van der Waals surface area (Å²) >= 11 is 0. The number of aliphatic carboxylic acids is 1. The number of hydrogen-bond acceptors (Lipinski definition) is 5. The molecule has 12 heteroatoms. The van der Waals surface area contributed by atoms with Gasteiger partial charge in [-0.3, -0.25) is 9.78 Å². The van der Waals surface area contributed by atoms with Crippen LogP contribution in [0.1, 0.15) is 24.2 Å². The van der Waals surface area contributed by atoms with Crippen molar-refractivity contribution < 1.29 is 27.9 Å². The van der Waals surface area contributed by atoms with E-state index in [9.17, 15) is 22.8 Å². The van der Waals surface area contributed by atoms with Crippen molar-refractivity contribution in [2.24, 2.45) is 5.73 Å². The first kappa shape index (κ1) is 21.2. The number of amides is 1. The molecule has 0 saturated heterocycles. The summed E-state index contributed by atoms with van der Waals surface area (Å²) in [5, 5.41) is 7.12. The van der Waals surface area contributed by atoms with E-state index in [4.69, 9.17) is 15.6 Å². The van der Waals surface area contributed by atoms with Gasteiger partial charge in [0, 0.05) is 25.3 Å². The van der Waals surface area contributed by atoms with E-state index in [1.165, 1.54) is 6.20 Å². The Morgan fingerprint density at radius 1 is 1.35 bits per heavy atom. The Balaban J connectivity index is 0.000000412. The first-order valence-corrected chi connectivity index (χ1v) is 7.37. The molecule has 9 nitrogen and oxygen atoms in total. The lowest BCUT2D eigenvalue weighted by Gasteiger charge is -2.26. The van der Waals surface area contributed by atoms with Crippen molar-refractivity contribution in [1.82, 2.24) is 19.9 Å². The van der Waals surface area contributed by atoms with Gasteiger partial charge in [-0.15, -0.1) is 0 Å². The number of aromatic amines is 2. The lowest BCUT2D eigenvalue weighted by molar-refractivity contribution is -0.192. The third-order valence-electron chi connectivity index (χ3n) is 3.15. The third kappa shape index (κ3) is 5.31. The fourth-order valence-electron chi connectivity index (χ4n) is 2.00. The zero-order valence-electron chi connectivity index (χ0n) is 13.9. The molecule has 0 aliphatic heterocycles. The fourth-order valence-corrected chi connectivity index (χ4v) is 2.00. The minimum atomic E-state index is -5.08. The molecule has 2 heterocycles. The molecule has 0 aliphatic rings. The number of H-pyrrole nitrogens is 2. The Morgan fingerprint density at radius 2 is 1.92 bits per heavy atom. The molecule has 0 spiro atoms. The topological polar surface area (TPSA) is 145 Å². The van der Waals surface area contributed by atoms with E-state index in [2.05, 4.69) is 15.0 Å². The van der Waals surface area contributed by atoms with Gasteiger partial charge in [-0.1, -0.05) is 0 Å². The standard InChI is InChI=1S/C12H17N5O2.C2HF3O2/c1-7(2)17(6-4-13)11(18)8-3-5-14-10-9(8)15-12(19)16-10;3-2(4,5)1(6)7/h3,5,7H,4,6,13H2,1-2H3,(H2,14,15,16,19);(H,6,7). The first-order chi connectivity index (χ1) is 12.0. The van der Waals surface area contributed by atoms with Gasteiger partial charge in [-0.05, 0) is 19.9 Å². The molecular weight excluding hydrogens is 359 g/mol. The smallest absolute Gasteiger partial charge is 0.475 e. The molecule has 0 aromatic carbocycles. The lowest BCUT2D eigenvalue weighted by atomic mass is 10.2. The number of carboxylic acid groups (broad SMARTS) is 1. The second-order valence-electron chi connectivity index (χ2n) is 5.35. The van der Waals surface area contributed by atoms with E-state index in [0.29, 0.717) is 29.8 Å². The summed E-state index contributed by atoms with van der Waals surface area (Å²) in [5.74, 6) is -2.92. The highest BCUT2D eigenvalue weighted by Crippen LogP contribution is 2.15. The number of carbonyl (C=O) groups is 2. The molecule has 2 rings (SSSR count). The van der Waals surface area contributed by atoms with Gasteiger partial charge in [-0.2, -0.15) is 13.2 Å². The molecular formula is C14H18F3N5O4. The summed E-state index contributed by atoms with van der Waals surface area (Å²) in [6, 6.07) is 1.63. The molecule has 5 N–H and O–H groups in total. The number of fused-ring (bicyclic) bond motifs is 1. The molecule has 0 radical (unpaired) electrons. The van der Waals surface area contributed by atoms with E-state index in [0.717, 1.165) is 0 Å². The summed E-state index contributed by atoms with van der Waals surface area (Å²) in [6.45, 7) is 4.70. The Morgan fingerprint density at radius 3 is 2.38 bits per heavy atom. The number of aromatic nitrogens is 3. The molecule has 144 valence electrons. The Hall–Kier alpha value is -2.89. The normalized spacial score (nSPS) is 11.2. The zero-order valence-corrected chi connectivity index (χ0v) is 13.9. The maximum Gasteiger partial charge on any atom is 0.490 e. The van der Waals surface area contributed by atoms with Crippen LogP contribution in [-0.4, -0.2) is 62.1 Å². The van der Waals surface area contributed by atoms with Crippen molar-refractivity contribution in [3.63, 3.8) is 0 Å². The van der Waals surface area contributed by atoms with Crippen LogP contribution in [0, 0.1) is 0 Å². The largest absolute Gasteiger partial charge is 0.490 e. The lowest BCUT2D eigenvalue weighted by Crippen LogP contribution is -2.40. The maximum absolute atomic E-state index is 12.5. The quantitative estimate of drug-likeness (QED) is 0.617. The van der Waals surface area contributed by atoms with Crippen LogP contribution in [0.3, 0.4) is 0 Å². The number of halogens is 3. The third-order valence-corrected chi connectivity index (χ3v) is 3.15. The van der Waals surface area contributed by atoms with Crippen molar-refractivity contribution >= 4 is 23.0 Å². The van der Waals surface area contributed by atoms with Crippen LogP contribution < -0.4 is 11.4 Å². The van der Waals surface area contributed by atoms with Crippen molar-refractivity contribution in [3.8, 4) is 0 Å². The maximum atomic E-state index is 12.5. The molecule has 0 fully saturated rings. The van der Waals surface area contributed by atoms with Crippen LogP contribution in [0.4, 0.5) is 13.2 Å². The second-order valence-corrected chi connectivity index (χ2v) is 5.35. The van der Waals surface area contributed by atoms with Gasteiger partial charge in [0.15, 0.2) is 5.65 Å². The highest BCUT2D eigenvalue weighted by Gasteiger charge is 2.38. The SMILES string of the molecule is CC(C)N(CCN)C(=O)c1ccnc2[nH]c(=O)[nH]c12.O=C(O)C(F)(F)F. The predicted molar refractivity (Wildman–Crippen MR) is 85.6 cm³/mol. The number of carbonyl (C=O) groups excluding carboxylic acids is 1. The molecule has 0 unspecified atom stereocenters. The van der Waals surface area contributed by atoms with Crippen molar-refractivity contribution in [3.05, 3.63) is 28.3 Å². The summed E-state index contributed by atoms with van der Waals surface area (Å²) in [6.07, 6.45) is -3.58. The van der Waals surface area contributed by atoms with Crippen LogP contribution in [0.15, 0.2) is 17.1 Å². The molecule has 0 atom stereocenters. The van der Waals surface area contributed by atoms with Gasteiger partial charge in [-0.25, -0.2) is 14.6 Å². The van der Waals surface area contributed by atoms with Gasteiger partial charge in [0.25, 0.3) is 5.91 Å².